The van der Waals surface area contributed by atoms with Crippen molar-refractivity contribution in [3.63, 3.8) is 0 Å². The predicted molar refractivity (Wildman–Crippen MR) is 84.0 cm³/mol. The Hall–Kier alpha value is -2.42. The van der Waals surface area contributed by atoms with Crippen LogP contribution in [0.25, 0.3) is 0 Å². The number of carbonyl (C=O) groups excluding carboxylic acids is 1. The van der Waals surface area contributed by atoms with E-state index in [0.717, 1.165) is 23.1 Å². The van der Waals surface area contributed by atoms with E-state index in [9.17, 15) is 14.7 Å². The lowest BCUT2D eigenvalue weighted by molar-refractivity contribution is -0.137. The van der Waals surface area contributed by atoms with Crippen molar-refractivity contribution < 1.29 is 14.7 Å². The minimum atomic E-state index is -0.861. The molecular formula is C19H18O3. The number of benzene rings is 2. The molecule has 0 unspecified atom stereocenters. The number of aryl methyl sites for hydroxylation is 1. The molecule has 0 amide bonds. The van der Waals surface area contributed by atoms with Gasteiger partial charge in [-0.2, -0.15) is 0 Å². The van der Waals surface area contributed by atoms with Gasteiger partial charge in [0.05, 0.1) is 6.42 Å². The van der Waals surface area contributed by atoms with E-state index in [1.165, 1.54) is 0 Å². The number of carbonyl (C=O) groups is 2. The fourth-order valence-corrected chi connectivity index (χ4v) is 3.39. The minimum Gasteiger partial charge on any atom is -0.481 e. The molecule has 0 saturated heterocycles. The van der Waals surface area contributed by atoms with Crippen LogP contribution in [-0.4, -0.2) is 16.9 Å². The van der Waals surface area contributed by atoms with Gasteiger partial charge in [0.1, 0.15) is 0 Å². The van der Waals surface area contributed by atoms with Crippen molar-refractivity contribution in [2.75, 3.05) is 0 Å². The molecule has 112 valence electrons. The summed E-state index contributed by atoms with van der Waals surface area (Å²) in [6.07, 6.45) is 1.53. The number of carboxylic acid groups (broad SMARTS) is 1. The third kappa shape index (κ3) is 2.80. The van der Waals surface area contributed by atoms with E-state index in [-0.39, 0.29) is 24.0 Å². The standard InChI is InChI=1S/C19H18O3/c20-18(21)12-17(13-6-2-1-3-7-13)16-11-10-14-8-4-5-9-15(14)19(16)22/h1-9,16-17H,10-12H2,(H,20,21)/t16-,17-/m1/s1. The van der Waals surface area contributed by atoms with Crippen LogP contribution < -0.4 is 0 Å². The molecule has 0 heterocycles. The van der Waals surface area contributed by atoms with Crippen molar-refractivity contribution in [3.8, 4) is 0 Å². The lowest BCUT2D eigenvalue weighted by Gasteiger charge is -2.30. The van der Waals surface area contributed by atoms with Gasteiger partial charge in [-0.3, -0.25) is 9.59 Å². The first-order chi connectivity index (χ1) is 10.7. The fraction of sp³-hybridized carbons (Fsp3) is 0.263. The monoisotopic (exact) mass is 294 g/mol. The first kappa shape index (κ1) is 14.5. The molecule has 0 saturated carbocycles. The molecule has 3 heteroatoms. The van der Waals surface area contributed by atoms with Crippen LogP contribution in [0.1, 0.15) is 40.2 Å². The number of Topliss-reactive ketones (excluding diaryl/α,β-unsaturated/α-hetero) is 1. The van der Waals surface area contributed by atoms with Crippen LogP contribution in [0, 0.1) is 5.92 Å². The number of hydrogen-bond donors (Lipinski definition) is 1. The summed E-state index contributed by atoms with van der Waals surface area (Å²) in [5, 5.41) is 9.25. The van der Waals surface area contributed by atoms with Gasteiger partial charge in [0.25, 0.3) is 0 Å². The summed E-state index contributed by atoms with van der Waals surface area (Å²) in [6.45, 7) is 0. The van der Waals surface area contributed by atoms with E-state index in [1.807, 2.05) is 54.6 Å². The van der Waals surface area contributed by atoms with Gasteiger partial charge in [-0.25, -0.2) is 0 Å². The minimum absolute atomic E-state index is 0.0113. The number of rotatable bonds is 4. The summed E-state index contributed by atoms with van der Waals surface area (Å²) in [6, 6.07) is 17.2. The summed E-state index contributed by atoms with van der Waals surface area (Å²) >= 11 is 0. The molecule has 0 spiro atoms. The van der Waals surface area contributed by atoms with Gasteiger partial charge in [-0.05, 0) is 24.0 Å². The fourth-order valence-electron chi connectivity index (χ4n) is 3.39. The second-order valence-electron chi connectivity index (χ2n) is 5.78. The molecule has 0 radical (unpaired) electrons. The molecule has 22 heavy (non-hydrogen) atoms. The topological polar surface area (TPSA) is 54.4 Å². The molecule has 0 fully saturated rings. The number of aliphatic carboxylic acids is 1. The summed E-state index contributed by atoms with van der Waals surface area (Å²) in [5.74, 6) is -1.30. The predicted octanol–water partition coefficient (Wildman–Crippen LogP) is 3.69. The Kier molecular flexibility index (Phi) is 4.05. The smallest absolute Gasteiger partial charge is 0.303 e. The van der Waals surface area contributed by atoms with Crippen LogP contribution in [-0.2, 0) is 11.2 Å². The Labute approximate surface area is 129 Å². The summed E-state index contributed by atoms with van der Waals surface area (Å²) < 4.78 is 0. The maximum Gasteiger partial charge on any atom is 0.303 e. The molecule has 3 nitrogen and oxygen atoms in total. The largest absolute Gasteiger partial charge is 0.481 e. The number of fused-ring (bicyclic) bond motifs is 1. The average molecular weight is 294 g/mol. The maximum atomic E-state index is 12.8. The highest BCUT2D eigenvalue weighted by molar-refractivity contribution is 6.01. The molecular weight excluding hydrogens is 276 g/mol. The third-order valence-corrected chi connectivity index (χ3v) is 4.45. The lowest BCUT2D eigenvalue weighted by Crippen LogP contribution is -2.29. The third-order valence-electron chi connectivity index (χ3n) is 4.45. The Balaban J connectivity index is 1.96. The highest BCUT2D eigenvalue weighted by atomic mass is 16.4. The second-order valence-corrected chi connectivity index (χ2v) is 5.78. The van der Waals surface area contributed by atoms with Gasteiger partial charge < -0.3 is 5.11 Å². The molecule has 2 atom stereocenters. The SMILES string of the molecule is O=C(O)C[C@H](c1ccccc1)[C@H]1CCc2ccccc2C1=O. The summed E-state index contributed by atoms with van der Waals surface area (Å²) in [5.41, 5.74) is 2.76. The molecule has 1 aliphatic carbocycles. The molecule has 0 aromatic heterocycles. The second kappa shape index (κ2) is 6.14. The van der Waals surface area contributed by atoms with Crippen LogP contribution in [0.3, 0.4) is 0 Å². The van der Waals surface area contributed by atoms with Gasteiger partial charge in [-0.1, -0.05) is 54.6 Å². The highest BCUT2D eigenvalue weighted by Crippen LogP contribution is 2.37. The molecule has 1 N–H and O–H groups in total. The number of hydrogen-bond acceptors (Lipinski definition) is 2. The highest BCUT2D eigenvalue weighted by Gasteiger charge is 2.35. The summed E-state index contributed by atoms with van der Waals surface area (Å²) in [7, 11) is 0. The zero-order valence-electron chi connectivity index (χ0n) is 12.2. The van der Waals surface area contributed by atoms with Crippen molar-refractivity contribution in [2.24, 2.45) is 5.92 Å². The first-order valence-electron chi connectivity index (χ1n) is 7.55. The van der Waals surface area contributed by atoms with Crippen LogP contribution in [0.15, 0.2) is 54.6 Å². The van der Waals surface area contributed by atoms with E-state index in [2.05, 4.69) is 0 Å². The lowest BCUT2D eigenvalue weighted by atomic mass is 9.72. The van der Waals surface area contributed by atoms with Gasteiger partial charge in [-0.15, -0.1) is 0 Å². The Morgan fingerprint density at radius 1 is 1.09 bits per heavy atom. The van der Waals surface area contributed by atoms with Crippen LogP contribution in [0.2, 0.25) is 0 Å². The van der Waals surface area contributed by atoms with Gasteiger partial charge in [0.15, 0.2) is 5.78 Å². The van der Waals surface area contributed by atoms with E-state index in [1.54, 1.807) is 0 Å². The first-order valence-corrected chi connectivity index (χ1v) is 7.55. The number of carboxylic acids is 1. The van der Waals surface area contributed by atoms with Crippen LogP contribution in [0.4, 0.5) is 0 Å². The van der Waals surface area contributed by atoms with Crippen molar-refractivity contribution in [3.05, 3.63) is 71.3 Å². The van der Waals surface area contributed by atoms with Gasteiger partial charge in [0, 0.05) is 17.4 Å². The quantitative estimate of drug-likeness (QED) is 0.935. The van der Waals surface area contributed by atoms with E-state index in [4.69, 9.17) is 0 Å². The maximum absolute atomic E-state index is 12.8. The van der Waals surface area contributed by atoms with Crippen LogP contribution in [0.5, 0.6) is 0 Å². The number of ketones is 1. The zero-order chi connectivity index (χ0) is 15.5. The molecule has 2 aromatic carbocycles. The molecule has 0 aliphatic heterocycles. The van der Waals surface area contributed by atoms with Crippen molar-refractivity contribution in [1.29, 1.82) is 0 Å². The van der Waals surface area contributed by atoms with E-state index < -0.39 is 5.97 Å². The van der Waals surface area contributed by atoms with Gasteiger partial charge >= 0.3 is 5.97 Å². The zero-order valence-corrected chi connectivity index (χ0v) is 12.2. The molecule has 2 aromatic rings. The normalized spacial score (nSPS) is 18.5. The van der Waals surface area contributed by atoms with E-state index in [0.29, 0.717) is 6.42 Å². The van der Waals surface area contributed by atoms with Crippen molar-refractivity contribution >= 4 is 11.8 Å². The Morgan fingerprint density at radius 2 is 1.77 bits per heavy atom. The van der Waals surface area contributed by atoms with Crippen molar-refractivity contribution in [1.82, 2.24) is 0 Å². The molecule has 0 bridgehead atoms. The molecule has 3 rings (SSSR count). The summed E-state index contributed by atoms with van der Waals surface area (Å²) in [4.78, 5) is 24.1. The van der Waals surface area contributed by atoms with Gasteiger partial charge in [0.2, 0.25) is 0 Å². The Morgan fingerprint density at radius 3 is 2.50 bits per heavy atom. The van der Waals surface area contributed by atoms with Crippen LogP contribution >= 0.6 is 0 Å². The van der Waals surface area contributed by atoms with E-state index >= 15 is 0 Å². The van der Waals surface area contributed by atoms with Crippen molar-refractivity contribution in [2.45, 2.75) is 25.2 Å². The molecule has 1 aliphatic rings. The average Bonchev–Trinajstić information content (AvgIpc) is 2.54. The Bertz CT molecular complexity index is 691.